The predicted molar refractivity (Wildman–Crippen MR) is 124 cm³/mol. The van der Waals surface area contributed by atoms with E-state index in [0.29, 0.717) is 35.8 Å². The van der Waals surface area contributed by atoms with Crippen molar-refractivity contribution in [2.45, 2.75) is 27.2 Å². The molecule has 3 N–H and O–H groups in total. The number of aromatic amines is 1. The van der Waals surface area contributed by atoms with E-state index in [0.717, 1.165) is 27.7 Å². The van der Waals surface area contributed by atoms with E-state index in [4.69, 9.17) is 17.0 Å². The molecule has 0 aliphatic heterocycles. The van der Waals surface area contributed by atoms with Gasteiger partial charge < -0.3 is 20.4 Å². The molecule has 30 heavy (non-hydrogen) atoms. The van der Waals surface area contributed by atoms with Crippen LogP contribution in [0.15, 0.2) is 47.3 Å². The summed E-state index contributed by atoms with van der Waals surface area (Å²) in [6, 6.07) is 12.9. The lowest BCUT2D eigenvalue weighted by molar-refractivity contribution is 0.0526. The molecule has 0 saturated heterocycles. The number of pyridine rings is 1. The molecule has 3 aromatic rings. The molecule has 0 aliphatic rings. The number of fused-ring (bicyclic) bond motifs is 1. The molecule has 6 nitrogen and oxygen atoms in total. The van der Waals surface area contributed by atoms with Gasteiger partial charge in [0.15, 0.2) is 5.11 Å². The fourth-order valence-electron chi connectivity index (χ4n) is 3.19. The van der Waals surface area contributed by atoms with E-state index >= 15 is 0 Å². The number of carbonyl (C=O) groups excluding carboxylic acids is 1. The molecule has 0 spiro atoms. The molecule has 1 heterocycles. The molecule has 0 saturated carbocycles. The Kier molecular flexibility index (Phi) is 6.84. The SMILES string of the molecule is CCOC(=O)c1ccc(NC(=S)NCCc2cc3c(C)ccc(C)c3[nH]c2=O)cc1. The monoisotopic (exact) mass is 423 g/mol. The molecule has 0 aliphatic carbocycles. The summed E-state index contributed by atoms with van der Waals surface area (Å²) in [5.41, 5.74) is 4.95. The first kappa shape index (κ1) is 21.5. The quantitative estimate of drug-likeness (QED) is 0.413. The number of thiocarbonyl (C=S) groups is 1. The number of ether oxygens (including phenoxy) is 1. The molecular weight excluding hydrogens is 398 g/mol. The molecule has 0 amide bonds. The Bertz CT molecular complexity index is 1140. The highest BCUT2D eigenvalue weighted by atomic mass is 32.1. The van der Waals surface area contributed by atoms with Gasteiger partial charge in [0.2, 0.25) is 0 Å². The van der Waals surface area contributed by atoms with Crippen molar-refractivity contribution in [2.75, 3.05) is 18.5 Å². The van der Waals surface area contributed by atoms with Crippen molar-refractivity contribution >= 4 is 39.9 Å². The lowest BCUT2D eigenvalue weighted by atomic mass is 10.0. The molecule has 0 fully saturated rings. The van der Waals surface area contributed by atoms with E-state index in [9.17, 15) is 9.59 Å². The third-order valence-corrected chi connectivity index (χ3v) is 5.10. The van der Waals surface area contributed by atoms with Gasteiger partial charge in [-0.3, -0.25) is 4.79 Å². The second-order valence-corrected chi connectivity index (χ2v) is 7.45. The van der Waals surface area contributed by atoms with Crippen molar-refractivity contribution in [2.24, 2.45) is 0 Å². The summed E-state index contributed by atoms with van der Waals surface area (Å²) in [5.74, 6) is -0.351. The highest BCUT2D eigenvalue weighted by molar-refractivity contribution is 7.80. The topological polar surface area (TPSA) is 83.2 Å². The molecule has 156 valence electrons. The number of anilines is 1. The van der Waals surface area contributed by atoms with Gasteiger partial charge in [0.1, 0.15) is 0 Å². The van der Waals surface area contributed by atoms with Gasteiger partial charge in [-0.2, -0.15) is 0 Å². The standard InChI is InChI=1S/C23H25N3O3S/c1-4-29-22(28)16-7-9-18(10-8-16)25-23(30)24-12-11-17-13-19-14(2)5-6-15(3)20(19)26-21(17)27/h5-10,13H,4,11-12H2,1-3H3,(H,26,27)(H2,24,25,30). The molecule has 0 unspecified atom stereocenters. The zero-order chi connectivity index (χ0) is 21.7. The smallest absolute Gasteiger partial charge is 0.338 e. The number of aromatic nitrogens is 1. The normalized spacial score (nSPS) is 10.6. The third kappa shape index (κ3) is 5.04. The lowest BCUT2D eigenvalue weighted by Gasteiger charge is -2.12. The van der Waals surface area contributed by atoms with Crippen LogP contribution in [0.5, 0.6) is 0 Å². The van der Waals surface area contributed by atoms with Crippen molar-refractivity contribution in [3.8, 4) is 0 Å². The Hall–Kier alpha value is -3.19. The van der Waals surface area contributed by atoms with Crippen LogP contribution in [0.3, 0.4) is 0 Å². The minimum Gasteiger partial charge on any atom is -0.462 e. The zero-order valence-electron chi connectivity index (χ0n) is 17.3. The van der Waals surface area contributed by atoms with Crippen molar-refractivity contribution in [1.29, 1.82) is 0 Å². The average molecular weight is 424 g/mol. The predicted octanol–water partition coefficient (Wildman–Crippen LogP) is 3.85. The lowest BCUT2D eigenvalue weighted by Crippen LogP contribution is -2.31. The number of aryl methyl sites for hydroxylation is 2. The number of hydrogen-bond donors (Lipinski definition) is 3. The minimum atomic E-state index is -0.351. The Labute approximate surface area is 180 Å². The summed E-state index contributed by atoms with van der Waals surface area (Å²) >= 11 is 5.33. The van der Waals surface area contributed by atoms with Gasteiger partial charge >= 0.3 is 5.97 Å². The number of rotatable bonds is 6. The molecule has 0 bridgehead atoms. The second kappa shape index (κ2) is 9.54. The van der Waals surface area contributed by atoms with Crippen LogP contribution in [0.25, 0.3) is 10.9 Å². The summed E-state index contributed by atoms with van der Waals surface area (Å²) in [6.45, 7) is 6.65. The van der Waals surface area contributed by atoms with Crippen LogP contribution >= 0.6 is 12.2 Å². The average Bonchev–Trinajstić information content (AvgIpc) is 2.72. The number of nitrogens with one attached hydrogen (secondary N) is 3. The first-order valence-electron chi connectivity index (χ1n) is 9.83. The highest BCUT2D eigenvalue weighted by Crippen LogP contribution is 2.19. The zero-order valence-corrected chi connectivity index (χ0v) is 18.1. The van der Waals surface area contributed by atoms with Gasteiger partial charge in [-0.15, -0.1) is 0 Å². The van der Waals surface area contributed by atoms with E-state index < -0.39 is 0 Å². The minimum absolute atomic E-state index is 0.0774. The summed E-state index contributed by atoms with van der Waals surface area (Å²) in [4.78, 5) is 27.1. The Balaban J connectivity index is 1.58. The maximum absolute atomic E-state index is 12.4. The van der Waals surface area contributed by atoms with Gasteiger partial charge in [0.25, 0.3) is 5.56 Å². The molecule has 7 heteroatoms. The molecule has 1 aromatic heterocycles. The second-order valence-electron chi connectivity index (χ2n) is 7.04. The fourth-order valence-corrected chi connectivity index (χ4v) is 3.41. The van der Waals surface area contributed by atoms with Gasteiger partial charge in [0.05, 0.1) is 17.7 Å². The number of carbonyl (C=O) groups is 1. The first-order valence-corrected chi connectivity index (χ1v) is 10.2. The largest absolute Gasteiger partial charge is 0.462 e. The van der Waals surface area contributed by atoms with Crippen LogP contribution < -0.4 is 16.2 Å². The summed E-state index contributed by atoms with van der Waals surface area (Å²) < 4.78 is 4.97. The van der Waals surface area contributed by atoms with Crippen LogP contribution in [-0.2, 0) is 11.2 Å². The molecule has 0 atom stereocenters. The number of esters is 1. The van der Waals surface area contributed by atoms with E-state index in [-0.39, 0.29) is 11.5 Å². The van der Waals surface area contributed by atoms with E-state index in [1.54, 1.807) is 31.2 Å². The summed E-state index contributed by atoms with van der Waals surface area (Å²) in [5, 5.41) is 7.69. The van der Waals surface area contributed by atoms with Gasteiger partial charge in [-0.1, -0.05) is 12.1 Å². The number of benzene rings is 2. The first-order chi connectivity index (χ1) is 14.4. The van der Waals surface area contributed by atoms with Crippen LogP contribution in [-0.4, -0.2) is 29.2 Å². The Morgan fingerprint density at radius 3 is 2.50 bits per heavy atom. The highest BCUT2D eigenvalue weighted by Gasteiger charge is 2.08. The van der Waals surface area contributed by atoms with Crippen molar-refractivity contribution in [3.05, 3.63) is 75.1 Å². The maximum Gasteiger partial charge on any atom is 0.338 e. The van der Waals surface area contributed by atoms with E-state index in [1.165, 1.54) is 0 Å². The van der Waals surface area contributed by atoms with Crippen molar-refractivity contribution < 1.29 is 9.53 Å². The van der Waals surface area contributed by atoms with Gasteiger partial charge in [-0.05, 0) is 80.9 Å². The summed E-state index contributed by atoms with van der Waals surface area (Å²) in [6.07, 6.45) is 0.544. The van der Waals surface area contributed by atoms with Gasteiger partial charge in [0, 0.05) is 23.2 Å². The van der Waals surface area contributed by atoms with Crippen LogP contribution in [0.1, 0.15) is 34.0 Å². The molecule has 3 rings (SSSR count). The van der Waals surface area contributed by atoms with Crippen LogP contribution in [0.2, 0.25) is 0 Å². The summed E-state index contributed by atoms with van der Waals surface area (Å²) in [7, 11) is 0. The maximum atomic E-state index is 12.4. The van der Waals surface area contributed by atoms with E-state index in [2.05, 4.69) is 21.7 Å². The Morgan fingerprint density at radius 2 is 1.80 bits per heavy atom. The van der Waals surface area contributed by atoms with Gasteiger partial charge in [-0.25, -0.2) is 4.79 Å². The van der Waals surface area contributed by atoms with E-state index in [1.807, 2.05) is 26.0 Å². The third-order valence-electron chi connectivity index (χ3n) is 4.85. The Morgan fingerprint density at radius 1 is 1.10 bits per heavy atom. The number of hydrogen-bond acceptors (Lipinski definition) is 4. The van der Waals surface area contributed by atoms with Crippen molar-refractivity contribution in [1.82, 2.24) is 10.3 Å². The van der Waals surface area contributed by atoms with Crippen molar-refractivity contribution in [3.63, 3.8) is 0 Å². The molecule has 0 radical (unpaired) electrons. The van der Waals surface area contributed by atoms with Crippen LogP contribution in [0, 0.1) is 13.8 Å². The number of H-pyrrole nitrogens is 1. The molecular formula is C23H25N3O3S. The molecule has 2 aromatic carbocycles. The fraction of sp³-hybridized carbons (Fsp3) is 0.261. The van der Waals surface area contributed by atoms with Crippen LogP contribution in [0.4, 0.5) is 5.69 Å².